The fourth-order valence-electron chi connectivity index (χ4n) is 2.03. The van der Waals surface area contributed by atoms with Gasteiger partial charge in [0.25, 0.3) is 0 Å². The third-order valence-corrected chi connectivity index (χ3v) is 3.06. The molecule has 0 saturated carbocycles. The molecule has 1 fully saturated rings. The molecule has 1 aliphatic heterocycles. The van der Waals surface area contributed by atoms with Crippen molar-refractivity contribution in [1.29, 1.82) is 0 Å². The van der Waals surface area contributed by atoms with Gasteiger partial charge in [0, 0.05) is 31.2 Å². The quantitative estimate of drug-likeness (QED) is 0.754. The van der Waals surface area contributed by atoms with E-state index in [1.54, 1.807) is 12.4 Å². The first-order chi connectivity index (χ1) is 7.53. The van der Waals surface area contributed by atoms with Crippen LogP contribution < -0.4 is 10.6 Å². The normalized spacial score (nSPS) is 24.8. The van der Waals surface area contributed by atoms with E-state index in [9.17, 15) is 4.79 Å². The van der Waals surface area contributed by atoms with Gasteiger partial charge in [0.2, 0.25) is 0 Å². The van der Waals surface area contributed by atoms with Gasteiger partial charge >= 0.3 is 5.97 Å². The molecule has 0 bridgehead atoms. The van der Waals surface area contributed by atoms with Gasteiger partial charge < -0.3 is 15.7 Å². The van der Waals surface area contributed by atoms with Crippen molar-refractivity contribution in [2.45, 2.75) is 18.9 Å². The summed E-state index contributed by atoms with van der Waals surface area (Å²) >= 11 is 0. The molecule has 1 aromatic rings. The van der Waals surface area contributed by atoms with Crippen LogP contribution in [0.3, 0.4) is 0 Å². The Morgan fingerprint density at radius 1 is 1.69 bits per heavy atom. The number of aryl methyl sites for hydroxylation is 1. The van der Waals surface area contributed by atoms with Crippen LogP contribution in [0.1, 0.15) is 12.0 Å². The molecule has 1 unspecified atom stereocenters. The highest BCUT2D eigenvalue weighted by atomic mass is 16.4. The summed E-state index contributed by atoms with van der Waals surface area (Å²) in [6.45, 7) is 2.99. The number of hydrogen-bond acceptors (Lipinski definition) is 4. The van der Waals surface area contributed by atoms with Crippen LogP contribution in [0.2, 0.25) is 0 Å². The van der Waals surface area contributed by atoms with Crippen LogP contribution in [0.15, 0.2) is 18.5 Å². The monoisotopic (exact) mass is 221 g/mol. The predicted octanol–water partition coefficient (Wildman–Crippen LogP) is 0.382. The number of nitrogens with zero attached hydrogens (tertiary/aromatic N) is 2. The highest BCUT2D eigenvalue weighted by Gasteiger charge is 2.41. The molecule has 2 heterocycles. The Morgan fingerprint density at radius 2 is 2.44 bits per heavy atom. The summed E-state index contributed by atoms with van der Waals surface area (Å²) in [6.07, 6.45) is 3.95. The molecule has 5 heteroatoms. The largest absolute Gasteiger partial charge is 0.480 e. The number of hydrogen-bond donors (Lipinski definition) is 2. The Balaban J connectivity index is 2.22. The third kappa shape index (κ3) is 1.74. The molecular formula is C11H15N3O2. The maximum Gasteiger partial charge on any atom is 0.325 e. The van der Waals surface area contributed by atoms with Crippen LogP contribution >= 0.6 is 0 Å². The molecule has 5 nitrogen and oxygen atoms in total. The number of rotatable bonds is 2. The van der Waals surface area contributed by atoms with Gasteiger partial charge in [-0.05, 0) is 25.0 Å². The van der Waals surface area contributed by atoms with Crippen LogP contribution in [0, 0.1) is 6.92 Å². The van der Waals surface area contributed by atoms with Gasteiger partial charge in [0.05, 0.1) is 0 Å². The fraction of sp³-hybridized carbons (Fsp3) is 0.455. The van der Waals surface area contributed by atoms with E-state index in [0.717, 1.165) is 11.3 Å². The number of carboxylic acids is 1. The van der Waals surface area contributed by atoms with Crippen LogP contribution in [0.4, 0.5) is 5.69 Å². The topological polar surface area (TPSA) is 79.5 Å². The van der Waals surface area contributed by atoms with Crippen molar-refractivity contribution in [2.24, 2.45) is 5.73 Å². The zero-order valence-electron chi connectivity index (χ0n) is 9.18. The summed E-state index contributed by atoms with van der Waals surface area (Å²) in [7, 11) is 0. The number of anilines is 1. The number of pyridine rings is 1. The molecule has 0 aliphatic carbocycles. The molecule has 3 N–H and O–H groups in total. The molecule has 0 amide bonds. The average Bonchev–Trinajstić information content (AvgIpc) is 2.63. The average molecular weight is 221 g/mol. The Hall–Kier alpha value is -1.62. The molecule has 2 rings (SSSR count). The molecule has 0 radical (unpaired) electrons. The maximum absolute atomic E-state index is 11.0. The van der Waals surface area contributed by atoms with Crippen molar-refractivity contribution in [1.82, 2.24) is 4.98 Å². The first-order valence-electron chi connectivity index (χ1n) is 5.21. The minimum Gasteiger partial charge on any atom is -0.480 e. The van der Waals surface area contributed by atoms with Crippen molar-refractivity contribution < 1.29 is 9.90 Å². The van der Waals surface area contributed by atoms with Crippen LogP contribution in [0.5, 0.6) is 0 Å². The first-order valence-corrected chi connectivity index (χ1v) is 5.21. The summed E-state index contributed by atoms with van der Waals surface area (Å²) in [4.78, 5) is 17.0. The number of aromatic nitrogens is 1. The lowest BCUT2D eigenvalue weighted by Gasteiger charge is -2.22. The van der Waals surface area contributed by atoms with Gasteiger partial charge in [-0.1, -0.05) is 0 Å². The molecular weight excluding hydrogens is 206 g/mol. The third-order valence-electron chi connectivity index (χ3n) is 3.06. The van der Waals surface area contributed by atoms with E-state index < -0.39 is 11.5 Å². The summed E-state index contributed by atoms with van der Waals surface area (Å²) < 4.78 is 0. The highest BCUT2D eigenvalue weighted by molar-refractivity contribution is 5.80. The van der Waals surface area contributed by atoms with Gasteiger partial charge in [-0.25, -0.2) is 0 Å². The standard InChI is InChI=1S/C11H15N3O2/c1-8-6-13-4-2-9(8)14-5-3-11(12,7-14)10(15)16/h2,4,6H,3,5,7,12H2,1H3,(H,15,16). The fourth-order valence-corrected chi connectivity index (χ4v) is 2.03. The van der Waals surface area contributed by atoms with Crippen LogP contribution in [-0.4, -0.2) is 34.7 Å². The smallest absolute Gasteiger partial charge is 0.325 e. The summed E-state index contributed by atoms with van der Waals surface area (Å²) in [5, 5.41) is 9.04. The maximum atomic E-state index is 11.0. The van der Waals surface area contributed by atoms with Gasteiger partial charge in [0.15, 0.2) is 0 Å². The molecule has 0 aromatic carbocycles. The molecule has 16 heavy (non-hydrogen) atoms. The first kappa shape index (κ1) is 10.9. The second kappa shape index (κ2) is 3.75. The van der Waals surface area contributed by atoms with Gasteiger partial charge in [-0.15, -0.1) is 0 Å². The van der Waals surface area contributed by atoms with Gasteiger partial charge in [-0.2, -0.15) is 0 Å². The van der Waals surface area contributed by atoms with E-state index in [4.69, 9.17) is 10.8 Å². The number of aliphatic carboxylic acids is 1. The second-order valence-electron chi connectivity index (χ2n) is 4.30. The Kier molecular flexibility index (Phi) is 2.55. The highest BCUT2D eigenvalue weighted by Crippen LogP contribution is 2.27. The Morgan fingerprint density at radius 3 is 3.00 bits per heavy atom. The SMILES string of the molecule is Cc1cnccc1N1CCC(N)(C(=O)O)C1. The lowest BCUT2D eigenvalue weighted by molar-refractivity contribution is -0.142. The molecule has 1 aromatic heterocycles. The Bertz CT molecular complexity index is 421. The van der Waals surface area contributed by atoms with Crippen LogP contribution in [0.25, 0.3) is 0 Å². The summed E-state index contributed by atoms with van der Waals surface area (Å²) in [5.74, 6) is -0.929. The van der Waals surface area contributed by atoms with E-state index >= 15 is 0 Å². The van der Waals surface area contributed by atoms with Crippen LogP contribution in [-0.2, 0) is 4.79 Å². The number of carbonyl (C=O) groups is 1. The number of nitrogens with two attached hydrogens (primary N) is 1. The van der Waals surface area contributed by atoms with E-state index in [-0.39, 0.29) is 0 Å². The zero-order chi connectivity index (χ0) is 11.8. The zero-order valence-corrected chi connectivity index (χ0v) is 9.18. The van der Waals surface area contributed by atoms with Crippen molar-refractivity contribution >= 4 is 11.7 Å². The van der Waals surface area contributed by atoms with Gasteiger partial charge in [0.1, 0.15) is 5.54 Å². The van der Waals surface area contributed by atoms with Crippen molar-refractivity contribution in [3.8, 4) is 0 Å². The molecule has 86 valence electrons. The number of carboxylic acid groups (broad SMARTS) is 1. The predicted molar refractivity (Wildman–Crippen MR) is 60.4 cm³/mol. The Labute approximate surface area is 93.9 Å². The van der Waals surface area contributed by atoms with Gasteiger partial charge in [-0.3, -0.25) is 9.78 Å². The van der Waals surface area contributed by atoms with Crippen molar-refractivity contribution in [2.75, 3.05) is 18.0 Å². The second-order valence-corrected chi connectivity index (χ2v) is 4.30. The van der Waals surface area contributed by atoms with Crippen molar-refractivity contribution in [3.05, 3.63) is 24.0 Å². The van der Waals surface area contributed by atoms with E-state index in [1.165, 1.54) is 0 Å². The lowest BCUT2D eigenvalue weighted by Crippen LogP contribution is -2.50. The minimum atomic E-state index is -1.12. The molecule has 0 spiro atoms. The summed E-state index contributed by atoms with van der Waals surface area (Å²) in [5.41, 5.74) is 6.76. The molecule has 1 saturated heterocycles. The van der Waals surface area contributed by atoms with Crippen molar-refractivity contribution in [3.63, 3.8) is 0 Å². The molecule has 1 atom stereocenters. The van der Waals surface area contributed by atoms with E-state index in [0.29, 0.717) is 19.5 Å². The molecule has 1 aliphatic rings. The minimum absolute atomic E-state index is 0.354. The summed E-state index contributed by atoms with van der Waals surface area (Å²) in [6, 6.07) is 1.89. The van der Waals surface area contributed by atoms with E-state index in [1.807, 2.05) is 17.9 Å². The lowest BCUT2D eigenvalue weighted by atomic mass is 10.0. The van der Waals surface area contributed by atoms with E-state index in [2.05, 4.69) is 4.98 Å².